The fourth-order valence-electron chi connectivity index (χ4n) is 1.99. The van der Waals surface area contributed by atoms with Gasteiger partial charge in [0.2, 0.25) is 12.1 Å². The standard InChI is InChI=1S/C12H6ClN3O2/c13-12-14-4-7-1-6-2-9-10(18-5-17-9)3-8(6)15-11(7)16-12/h1-4H,5H2. The van der Waals surface area contributed by atoms with Crippen LogP contribution in [0.25, 0.3) is 21.9 Å². The van der Waals surface area contributed by atoms with Gasteiger partial charge in [-0.2, -0.15) is 4.98 Å². The zero-order chi connectivity index (χ0) is 12.1. The molecule has 0 fully saturated rings. The molecule has 0 saturated heterocycles. The molecule has 0 aliphatic carbocycles. The summed E-state index contributed by atoms with van der Waals surface area (Å²) in [6.07, 6.45) is 1.65. The summed E-state index contributed by atoms with van der Waals surface area (Å²) >= 11 is 5.76. The van der Waals surface area contributed by atoms with Gasteiger partial charge in [0.25, 0.3) is 0 Å². The highest BCUT2D eigenvalue weighted by Gasteiger charge is 2.15. The van der Waals surface area contributed by atoms with Crippen molar-refractivity contribution >= 4 is 33.5 Å². The molecule has 0 amide bonds. The van der Waals surface area contributed by atoms with E-state index in [1.54, 1.807) is 6.20 Å². The number of hydrogen-bond acceptors (Lipinski definition) is 5. The fraction of sp³-hybridized carbons (Fsp3) is 0.0833. The molecule has 1 aliphatic heterocycles. The summed E-state index contributed by atoms with van der Waals surface area (Å²) in [6.45, 7) is 0.247. The molecule has 18 heavy (non-hydrogen) atoms. The molecular formula is C12H6ClN3O2. The van der Waals surface area contributed by atoms with Gasteiger partial charge in [0.1, 0.15) is 0 Å². The molecule has 5 nitrogen and oxygen atoms in total. The van der Waals surface area contributed by atoms with Crippen LogP contribution in [0.4, 0.5) is 0 Å². The quantitative estimate of drug-likeness (QED) is 0.459. The Morgan fingerprint density at radius 3 is 2.72 bits per heavy atom. The summed E-state index contributed by atoms with van der Waals surface area (Å²) < 4.78 is 10.7. The van der Waals surface area contributed by atoms with Crippen molar-refractivity contribution in [3.63, 3.8) is 0 Å². The molecule has 3 heterocycles. The van der Waals surface area contributed by atoms with Crippen LogP contribution in [0.15, 0.2) is 24.4 Å². The van der Waals surface area contributed by atoms with E-state index in [-0.39, 0.29) is 12.1 Å². The highest BCUT2D eigenvalue weighted by Crippen LogP contribution is 2.36. The first-order chi connectivity index (χ1) is 8.79. The molecule has 1 aliphatic rings. The third-order valence-corrected chi connectivity index (χ3v) is 3.01. The van der Waals surface area contributed by atoms with E-state index in [1.165, 1.54) is 0 Å². The number of benzene rings is 1. The van der Waals surface area contributed by atoms with Crippen molar-refractivity contribution in [3.8, 4) is 11.5 Å². The smallest absolute Gasteiger partial charge is 0.231 e. The number of pyridine rings is 1. The Bertz CT molecular complexity index is 791. The Hall–Kier alpha value is -2.14. The van der Waals surface area contributed by atoms with Gasteiger partial charge >= 0.3 is 0 Å². The van der Waals surface area contributed by atoms with Crippen LogP contribution in [-0.2, 0) is 0 Å². The Morgan fingerprint density at radius 1 is 1.00 bits per heavy atom. The maximum absolute atomic E-state index is 5.76. The Balaban J connectivity index is 2.09. The lowest BCUT2D eigenvalue weighted by atomic mass is 10.1. The van der Waals surface area contributed by atoms with Crippen LogP contribution in [0.3, 0.4) is 0 Å². The van der Waals surface area contributed by atoms with E-state index < -0.39 is 0 Å². The van der Waals surface area contributed by atoms with Crippen LogP contribution in [0.1, 0.15) is 0 Å². The van der Waals surface area contributed by atoms with Gasteiger partial charge in [0.05, 0.1) is 5.52 Å². The summed E-state index contributed by atoms with van der Waals surface area (Å²) in [4.78, 5) is 12.5. The Kier molecular flexibility index (Phi) is 1.87. The van der Waals surface area contributed by atoms with Gasteiger partial charge in [-0.15, -0.1) is 0 Å². The highest BCUT2D eigenvalue weighted by atomic mass is 35.5. The van der Waals surface area contributed by atoms with Gasteiger partial charge in [-0.1, -0.05) is 0 Å². The minimum Gasteiger partial charge on any atom is -0.454 e. The zero-order valence-corrected chi connectivity index (χ0v) is 9.81. The summed E-state index contributed by atoms with van der Waals surface area (Å²) in [5, 5.41) is 1.98. The normalized spacial score (nSPS) is 13.4. The fourth-order valence-corrected chi connectivity index (χ4v) is 2.12. The van der Waals surface area contributed by atoms with E-state index in [2.05, 4.69) is 15.0 Å². The van der Waals surface area contributed by atoms with Crippen molar-refractivity contribution in [1.29, 1.82) is 0 Å². The van der Waals surface area contributed by atoms with Crippen molar-refractivity contribution in [3.05, 3.63) is 29.7 Å². The molecule has 88 valence electrons. The van der Waals surface area contributed by atoms with E-state index in [9.17, 15) is 0 Å². The SMILES string of the molecule is Clc1ncc2cc3cc4c(cc3nc2n1)OCO4. The highest BCUT2D eigenvalue weighted by molar-refractivity contribution is 6.28. The Morgan fingerprint density at radius 2 is 1.83 bits per heavy atom. The van der Waals surface area contributed by atoms with Crippen molar-refractivity contribution in [1.82, 2.24) is 15.0 Å². The largest absolute Gasteiger partial charge is 0.454 e. The van der Waals surface area contributed by atoms with Gasteiger partial charge < -0.3 is 9.47 Å². The van der Waals surface area contributed by atoms with E-state index in [0.29, 0.717) is 11.4 Å². The van der Waals surface area contributed by atoms with Gasteiger partial charge in [0, 0.05) is 23.0 Å². The molecule has 1 aromatic carbocycles. The van der Waals surface area contributed by atoms with Crippen LogP contribution in [0.5, 0.6) is 11.5 Å². The van der Waals surface area contributed by atoms with Crippen molar-refractivity contribution in [2.75, 3.05) is 6.79 Å². The van der Waals surface area contributed by atoms with E-state index >= 15 is 0 Å². The summed E-state index contributed by atoms with van der Waals surface area (Å²) in [6, 6.07) is 5.70. The molecule has 0 spiro atoms. The number of rotatable bonds is 0. The predicted octanol–water partition coefficient (Wildman–Crippen LogP) is 2.56. The van der Waals surface area contributed by atoms with Crippen LogP contribution in [-0.4, -0.2) is 21.7 Å². The van der Waals surface area contributed by atoms with Gasteiger partial charge in [-0.05, 0) is 23.7 Å². The maximum atomic E-state index is 5.76. The molecule has 6 heteroatoms. The molecule has 0 unspecified atom stereocenters. The number of hydrogen-bond donors (Lipinski definition) is 0. The molecule has 0 bridgehead atoms. The number of halogens is 1. The lowest BCUT2D eigenvalue weighted by Crippen LogP contribution is -1.92. The first-order valence-corrected chi connectivity index (χ1v) is 5.70. The molecule has 0 N–H and O–H groups in total. The second-order valence-corrected chi connectivity index (χ2v) is 4.28. The van der Waals surface area contributed by atoms with E-state index in [1.807, 2.05) is 18.2 Å². The number of fused-ring (bicyclic) bond motifs is 3. The molecule has 0 atom stereocenters. The van der Waals surface area contributed by atoms with Gasteiger partial charge in [0.15, 0.2) is 17.1 Å². The monoisotopic (exact) mass is 259 g/mol. The lowest BCUT2D eigenvalue weighted by Gasteiger charge is -2.02. The Labute approximate surface area is 106 Å². The minimum absolute atomic E-state index is 0.190. The number of aromatic nitrogens is 3. The summed E-state index contributed by atoms with van der Waals surface area (Å²) in [7, 11) is 0. The van der Waals surface area contributed by atoms with Crippen molar-refractivity contribution in [2.45, 2.75) is 0 Å². The van der Waals surface area contributed by atoms with Gasteiger partial charge in [-0.3, -0.25) is 0 Å². The van der Waals surface area contributed by atoms with E-state index in [4.69, 9.17) is 21.1 Å². The molecule has 4 rings (SSSR count). The number of nitrogens with zero attached hydrogens (tertiary/aromatic N) is 3. The first-order valence-electron chi connectivity index (χ1n) is 5.32. The number of ether oxygens (including phenoxy) is 2. The van der Waals surface area contributed by atoms with E-state index in [0.717, 1.165) is 22.0 Å². The predicted molar refractivity (Wildman–Crippen MR) is 66.0 cm³/mol. The first kappa shape index (κ1) is 9.85. The third-order valence-electron chi connectivity index (χ3n) is 2.83. The lowest BCUT2D eigenvalue weighted by molar-refractivity contribution is 0.174. The zero-order valence-electron chi connectivity index (χ0n) is 9.05. The molecule has 0 saturated carbocycles. The second-order valence-electron chi connectivity index (χ2n) is 3.94. The van der Waals surface area contributed by atoms with Crippen LogP contribution in [0, 0.1) is 0 Å². The molecular weight excluding hydrogens is 254 g/mol. The average molecular weight is 260 g/mol. The second kappa shape index (κ2) is 3.43. The molecule has 3 aromatic rings. The van der Waals surface area contributed by atoms with Crippen LogP contribution >= 0.6 is 11.6 Å². The van der Waals surface area contributed by atoms with Crippen molar-refractivity contribution < 1.29 is 9.47 Å². The van der Waals surface area contributed by atoms with Crippen LogP contribution < -0.4 is 9.47 Å². The third kappa shape index (κ3) is 1.37. The topological polar surface area (TPSA) is 57.1 Å². The minimum atomic E-state index is 0.190. The van der Waals surface area contributed by atoms with Crippen LogP contribution in [0.2, 0.25) is 5.28 Å². The van der Waals surface area contributed by atoms with Crippen molar-refractivity contribution in [2.24, 2.45) is 0 Å². The summed E-state index contributed by atoms with van der Waals surface area (Å²) in [5.74, 6) is 1.44. The molecule has 0 radical (unpaired) electrons. The maximum Gasteiger partial charge on any atom is 0.231 e. The van der Waals surface area contributed by atoms with Gasteiger partial charge in [-0.25, -0.2) is 9.97 Å². The molecule has 2 aromatic heterocycles. The summed E-state index contributed by atoms with van der Waals surface area (Å²) in [5.41, 5.74) is 1.36. The average Bonchev–Trinajstić information content (AvgIpc) is 2.80.